The largest absolute Gasteiger partial charge is 0.396 e. The molecule has 1 heterocycles. The molecule has 1 saturated heterocycles. The molecule has 0 aliphatic carbocycles. The highest BCUT2D eigenvalue weighted by atomic mass is 35.5. The van der Waals surface area contributed by atoms with Gasteiger partial charge in [0.25, 0.3) is 0 Å². The number of hydrogen-bond acceptors (Lipinski definition) is 4. The topological polar surface area (TPSA) is 72.6 Å². The Morgan fingerprint density at radius 1 is 1.33 bits per heavy atom. The zero-order valence-electron chi connectivity index (χ0n) is 9.40. The number of sulfonamides is 1. The maximum absolute atomic E-state index is 13.8. The van der Waals surface area contributed by atoms with Crippen LogP contribution in [0.1, 0.15) is 0 Å². The lowest BCUT2D eigenvalue weighted by Gasteiger charge is -2.26. The van der Waals surface area contributed by atoms with Gasteiger partial charge in [0.15, 0.2) is 5.82 Å². The first kappa shape index (κ1) is 13.5. The van der Waals surface area contributed by atoms with Crippen LogP contribution in [0.2, 0.25) is 5.02 Å². The predicted octanol–water partition coefficient (Wildman–Crippen LogP) is 1.08. The van der Waals surface area contributed by atoms with Crippen molar-refractivity contribution in [3.05, 3.63) is 23.0 Å². The van der Waals surface area contributed by atoms with Crippen LogP contribution in [0.25, 0.3) is 0 Å². The molecule has 0 amide bonds. The van der Waals surface area contributed by atoms with Crippen molar-refractivity contribution in [2.75, 3.05) is 32.0 Å². The molecular formula is C10H12ClFN2O3S. The molecule has 0 radical (unpaired) electrons. The van der Waals surface area contributed by atoms with Gasteiger partial charge in [-0.2, -0.15) is 4.31 Å². The van der Waals surface area contributed by atoms with Crippen LogP contribution in [0.4, 0.5) is 10.1 Å². The van der Waals surface area contributed by atoms with Crippen molar-refractivity contribution in [3.63, 3.8) is 0 Å². The van der Waals surface area contributed by atoms with Gasteiger partial charge < -0.3 is 10.5 Å². The molecule has 0 atom stereocenters. The van der Waals surface area contributed by atoms with E-state index in [2.05, 4.69) is 0 Å². The molecule has 0 unspecified atom stereocenters. The molecule has 1 aromatic carbocycles. The molecule has 5 nitrogen and oxygen atoms in total. The molecule has 8 heteroatoms. The van der Waals surface area contributed by atoms with Crippen molar-refractivity contribution in [2.24, 2.45) is 0 Å². The number of nitrogen functional groups attached to an aromatic ring is 1. The first-order valence-corrected chi connectivity index (χ1v) is 7.07. The van der Waals surface area contributed by atoms with Gasteiger partial charge in [-0.1, -0.05) is 11.6 Å². The van der Waals surface area contributed by atoms with Gasteiger partial charge in [-0.15, -0.1) is 0 Å². The van der Waals surface area contributed by atoms with E-state index in [4.69, 9.17) is 22.1 Å². The number of anilines is 1. The molecular weight excluding hydrogens is 283 g/mol. The van der Waals surface area contributed by atoms with Crippen LogP contribution in [-0.4, -0.2) is 39.0 Å². The lowest BCUT2D eigenvalue weighted by Crippen LogP contribution is -2.41. The van der Waals surface area contributed by atoms with E-state index in [1.807, 2.05) is 0 Å². The minimum atomic E-state index is -3.92. The second-order valence-electron chi connectivity index (χ2n) is 3.82. The van der Waals surface area contributed by atoms with Crippen molar-refractivity contribution >= 4 is 27.3 Å². The van der Waals surface area contributed by atoms with E-state index in [0.717, 1.165) is 10.4 Å². The number of ether oxygens (including phenoxy) is 1. The van der Waals surface area contributed by atoms with Crippen LogP contribution in [0.3, 0.4) is 0 Å². The normalized spacial score (nSPS) is 17.9. The average molecular weight is 295 g/mol. The second-order valence-corrected chi connectivity index (χ2v) is 6.17. The SMILES string of the molecule is Nc1cc(Cl)cc(S(=O)(=O)N2CCOCC2)c1F. The summed E-state index contributed by atoms with van der Waals surface area (Å²) in [6.07, 6.45) is 0. The number of nitrogens with two attached hydrogens (primary N) is 1. The van der Waals surface area contributed by atoms with Gasteiger partial charge in [0.1, 0.15) is 4.90 Å². The minimum absolute atomic E-state index is 0.0840. The van der Waals surface area contributed by atoms with Gasteiger partial charge in [0, 0.05) is 18.1 Å². The zero-order valence-corrected chi connectivity index (χ0v) is 11.0. The minimum Gasteiger partial charge on any atom is -0.396 e. The smallest absolute Gasteiger partial charge is 0.246 e. The molecule has 1 aliphatic heterocycles. The fourth-order valence-electron chi connectivity index (χ4n) is 1.70. The number of benzene rings is 1. The molecule has 0 bridgehead atoms. The Hall–Kier alpha value is -0.890. The highest BCUT2D eigenvalue weighted by molar-refractivity contribution is 7.89. The lowest BCUT2D eigenvalue weighted by atomic mass is 10.3. The van der Waals surface area contributed by atoms with E-state index in [1.165, 1.54) is 6.07 Å². The highest BCUT2D eigenvalue weighted by Crippen LogP contribution is 2.27. The molecule has 1 aliphatic rings. The summed E-state index contributed by atoms with van der Waals surface area (Å²) < 4.78 is 44.5. The van der Waals surface area contributed by atoms with E-state index in [0.29, 0.717) is 0 Å². The van der Waals surface area contributed by atoms with Crippen molar-refractivity contribution in [3.8, 4) is 0 Å². The molecule has 0 aromatic heterocycles. The molecule has 2 rings (SSSR count). The van der Waals surface area contributed by atoms with Crippen molar-refractivity contribution in [1.29, 1.82) is 0 Å². The predicted molar refractivity (Wildman–Crippen MR) is 65.4 cm³/mol. The summed E-state index contributed by atoms with van der Waals surface area (Å²) in [6, 6.07) is 2.24. The summed E-state index contributed by atoms with van der Waals surface area (Å²) in [4.78, 5) is -0.491. The third kappa shape index (κ3) is 2.44. The number of hydrogen-bond donors (Lipinski definition) is 1. The summed E-state index contributed by atoms with van der Waals surface area (Å²) in [5.74, 6) is -0.967. The Kier molecular flexibility index (Phi) is 3.76. The second kappa shape index (κ2) is 5.00. The molecule has 0 spiro atoms. The standard InChI is InChI=1S/C10H12ClFN2O3S/c11-7-5-8(13)10(12)9(6-7)18(15,16)14-1-3-17-4-2-14/h5-6H,1-4,13H2. The summed E-state index contributed by atoms with van der Waals surface area (Å²) >= 11 is 5.71. The average Bonchev–Trinajstić information content (AvgIpc) is 2.34. The van der Waals surface area contributed by atoms with Crippen molar-refractivity contribution < 1.29 is 17.5 Å². The molecule has 100 valence electrons. The Labute approximate surface area is 109 Å². The van der Waals surface area contributed by atoms with E-state index in [1.54, 1.807) is 0 Å². The van der Waals surface area contributed by atoms with Crippen LogP contribution >= 0.6 is 11.6 Å². The number of morpholine rings is 1. The summed E-state index contributed by atoms with van der Waals surface area (Å²) in [6.45, 7) is 0.955. The number of halogens is 2. The number of nitrogens with zero attached hydrogens (tertiary/aromatic N) is 1. The van der Waals surface area contributed by atoms with Gasteiger partial charge in [-0.3, -0.25) is 0 Å². The van der Waals surface area contributed by atoms with E-state index in [-0.39, 0.29) is 37.0 Å². The monoisotopic (exact) mass is 294 g/mol. The number of rotatable bonds is 2. The quantitative estimate of drug-likeness (QED) is 0.829. The van der Waals surface area contributed by atoms with Gasteiger partial charge in [0.2, 0.25) is 10.0 Å². The van der Waals surface area contributed by atoms with E-state index in [9.17, 15) is 12.8 Å². The Balaban J connectivity index is 2.46. The van der Waals surface area contributed by atoms with Crippen LogP contribution in [0.15, 0.2) is 17.0 Å². The molecule has 18 heavy (non-hydrogen) atoms. The Morgan fingerprint density at radius 3 is 2.56 bits per heavy atom. The maximum atomic E-state index is 13.8. The first-order valence-electron chi connectivity index (χ1n) is 5.25. The zero-order chi connectivity index (χ0) is 13.3. The highest BCUT2D eigenvalue weighted by Gasteiger charge is 2.30. The lowest BCUT2D eigenvalue weighted by molar-refractivity contribution is 0.0729. The molecule has 1 fully saturated rings. The first-order chi connectivity index (χ1) is 8.43. The van der Waals surface area contributed by atoms with E-state index >= 15 is 0 Å². The van der Waals surface area contributed by atoms with Crippen molar-refractivity contribution in [2.45, 2.75) is 4.90 Å². The van der Waals surface area contributed by atoms with Gasteiger partial charge >= 0.3 is 0 Å². The Morgan fingerprint density at radius 2 is 1.94 bits per heavy atom. The van der Waals surface area contributed by atoms with Crippen LogP contribution in [0.5, 0.6) is 0 Å². The molecule has 2 N–H and O–H groups in total. The van der Waals surface area contributed by atoms with Crippen LogP contribution < -0.4 is 5.73 Å². The van der Waals surface area contributed by atoms with Gasteiger partial charge in [0.05, 0.1) is 18.9 Å². The molecule has 1 aromatic rings. The van der Waals surface area contributed by atoms with Gasteiger partial charge in [-0.05, 0) is 12.1 Å². The fourth-order valence-corrected chi connectivity index (χ4v) is 3.52. The summed E-state index contributed by atoms with van der Waals surface area (Å²) in [5, 5.41) is 0.0840. The van der Waals surface area contributed by atoms with Crippen LogP contribution in [0, 0.1) is 5.82 Å². The van der Waals surface area contributed by atoms with Crippen LogP contribution in [-0.2, 0) is 14.8 Å². The third-order valence-corrected chi connectivity index (χ3v) is 4.74. The van der Waals surface area contributed by atoms with Gasteiger partial charge in [-0.25, -0.2) is 12.8 Å². The van der Waals surface area contributed by atoms with Crippen molar-refractivity contribution in [1.82, 2.24) is 4.31 Å². The third-order valence-electron chi connectivity index (χ3n) is 2.62. The fraction of sp³-hybridized carbons (Fsp3) is 0.400. The maximum Gasteiger partial charge on any atom is 0.246 e. The summed E-state index contributed by atoms with van der Waals surface area (Å²) in [7, 11) is -3.92. The van der Waals surface area contributed by atoms with E-state index < -0.39 is 20.7 Å². The molecule has 0 saturated carbocycles. The summed E-state index contributed by atoms with van der Waals surface area (Å²) in [5.41, 5.74) is 5.10. The Bertz CT molecular complexity index is 558.